The lowest BCUT2D eigenvalue weighted by Crippen LogP contribution is -2.57. The minimum absolute atomic E-state index is 0.866. The fraction of sp³-hybridized carbons (Fsp3) is 0.381. The fourth-order valence-corrected chi connectivity index (χ4v) is 4.09. The fourth-order valence-electron chi connectivity index (χ4n) is 4.09. The van der Waals surface area contributed by atoms with Gasteiger partial charge in [-0.3, -0.25) is 4.57 Å². The molecule has 0 bridgehead atoms. The van der Waals surface area contributed by atoms with E-state index in [0.717, 1.165) is 57.5 Å². The molecule has 6 nitrogen and oxygen atoms in total. The molecule has 1 saturated heterocycles. The highest BCUT2D eigenvalue weighted by Gasteiger charge is 2.30. The van der Waals surface area contributed by atoms with Crippen molar-refractivity contribution in [2.45, 2.75) is 13.2 Å². The van der Waals surface area contributed by atoms with Gasteiger partial charge in [-0.15, -0.1) is 0 Å². The number of hydrogen-bond donors (Lipinski definition) is 0. The number of hydrazine groups is 1. The van der Waals surface area contributed by atoms with Crippen molar-refractivity contribution in [1.82, 2.24) is 24.5 Å². The molecule has 1 aromatic heterocycles. The molecule has 0 spiro atoms. The van der Waals surface area contributed by atoms with Crippen LogP contribution in [0.3, 0.4) is 0 Å². The third-order valence-corrected chi connectivity index (χ3v) is 5.65. The van der Waals surface area contributed by atoms with Crippen LogP contribution in [-0.2, 0) is 13.2 Å². The molecule has 0 aliphatic carbocycles. The van der Waals surface area contributed by atoms with Gasteiger partial charge in [0.1, 0.15) is 0 Å². The van der Waals surface area contributed by atoms with E-state index in [-0.39, 0.29) is 0 Å². The molecule has 3 heterocycles. The Morgan fingerprint density at radius 3 is 2.37 bits per heavy atom. The zero-order valence-electron chi connectivity index (χ0n) is 15.8. The van der Waals surface area contributed by atoms with E-state index in [1.54, 1.807) is 0 Å². The van der Waals surface area contributed by atoms with Crippen molar-refractivity contribution in [2.75, 3.05) is 44.8 Å². The van der Waals surface area contributed by atoms with Gasteiger partial charge in [0, 0.05) is 32.7 Å². The lowest BCUT2D eigenvalue weighted by molar-refractivity contribution is -0.0804. The molecule has 5 rings (SSSR count). The van der Waals surface area contributed by atoms with Gasteiger partial charge in [0.25, 0.3) is 0 Å². The van der Waals surface area contributed by atoms with E-state index in [1.165, 1.54) is 11.1 Å². The number of benzene rings is 2. The average Bonchev–Trinajstić information content (AvgIpc) is 3.08. The molecule has 0 unspecified atom stereocenters. The number of likely N-dealkylation sites (N-methyl/N-ethyl adjacent to an activating group) is 1. The highest BCUT2D eigenvalue weighted by molar-refractivity contribution is 5.79. The molecule has 3 aromatic rings. The second-order valence-electron chi connectivity index (χ2n) is 7.56. The van der Waals surface area contributed by atoms with E-state index in [9.17, 15) is 0 Å². The van der Waals surface area contributed by atoms with E-state index >= 15 is 0 Å². The predicted molar refractivity (Wildman–Crippen MR) is 108 cm³/mol. The summed E-state index contributed by atoms with van der Waals surface area (Å²) in [4.78, 5) is 9.76. The van der Waals surface area contributed by atoms with Gasteiger partial charge >= 0.3 is 0 Å². The minimum Gasteiger partial charge on any atom is -0.324 e. The SMILES string of the molecule is CN1CCN(N2CN(Cc3ccccc3)c3nc4ccccc4n3C2)CC1. The van der Waals surface area contributed by atoms with Crippen molar-refractivity contribution in [3.05, 3.63) is 60.2 Å². The number of hydrogen-bond acceptors (Lipinski definition) is 5. The largest absolute Gasteiger partial charge is 0.324 e. The number of piperazine rings is 1. The Hall–Kier alpha value is -2.41. The zero-order chi connectivity index (χ0) is 18.2. The van der Waals surface area contributed by atoms with Crippen LogP contribution in [0.4, 0.5) is 5.95 Å². The highest BCUT2D eigenvalue weighted by Crippen LogP contribution is 2.29. The van der Waals surface area contributed by atoms with E-state index in [0.29, 0.717) is 0 Å². The van der Waals surface area contributed by atoms with Gasteiger partial charge in [-0.1, -0.05) is 42.5 Å². The molecule has 0 N–H and O–H groups in total. The molecular formula is C21H26N6. The van der Waals surface area contributed by atoms with Crippen LogP contribution in [-0.4, -0.2) is 64.4 Å². The number of aromatic nitrogens is 2. The van der Waals surface area contributed by atoms with E-state index in [2.05, 4.69) is 86.0 Å². The molecule has 0 amide bonds. The average molecular weight is 362 g/mol. The number of para-hydroxylation sites is 2. The molecule has 0 atom stereocenters. The number of imidazole rings is 1. The van der Waals surface area contributed by atoms with Gasteiger partial charge in [-0.2, -0.15) is 0 Å². The summed E-state index contributed by atoms with van der Waals surface area (Å²) in [6.45, 7) is 7.01. The van der Waals surface area contributed by atoms with Crippen LogP contribution in [0.5, 0.6) is 0 Å². The van der Waals surface area contributed by atoms with Gasteiger partial charge < -0.3 is 9.80 Å². The molecule has 27 heavy (non-hydrogen) atoms. The van der Waals surface area contributed by atoms with Gasteiger partial charge in [0.2, 0.25) is 5.95 Å². The number of anilines is 1. The molecule has 140 valence electrons. The molecule has 2 aliphatic heterocycles. The maximum atomic E-state index is 4.96. The van der Waals surface area contributed by atoms with Crippen LogP contribution in [0.25, 0.3) is 11.0 Å². The van der Waals surface area contributed by atoms with Crippen molar-refractivity contribution >= 4 is 17.0 Å². The van der Waals surface area contributed by atoms with Crippen molar-refractivity contribution in [1.29, 1.82) is 0 Å². The van der Waals surface area contributed by atoms with E-state index in [1.807, 2.05) is 0 Å². The standard InChI is InChI=1S/C21H26N6/c1-23-11-13-25(14-12-23)26-16-24(15-18-7-3-2-4-8-18)21-22-19-9-5-6-10-20(19)27(21)17-26/h2-10H,11-17H2,1H3. The second-order valence-corrected chi connectivity index (χ2v) is 7.56. The van der Waals surface area contributed by atoms with Crippen LogP contribution >= 0.6 is 0 Å². The highest BCUT2D eigenvalue weighted by atomic mass is 15.7. The van der Waals surface area contributed by atoms with Crippen molar-refractivity contribution in [3.8, 4) is 0 Å². The second kappa shape index (κ2) is 6.96. The van der Waals surface area contributed by atoms with Gasteiger partial charge in [0.15, 0.2) is 0 Å². The van der Waals surface area contributed by atoms with Crippen LogP contribution in [0.1, 0.15) is 5.56 Å². The molecule has 2 aliphatic rings. The number of fused-ring (bicyclic) bond motifs is 3. The van der Waals surface area contributed by atoms with Gasteiger partial charge in [-0.25, -0.2) is 15.0 Å². The molecular weight excluding hydrogens is 336 g/mol. The lowest BCUT2D eigenvalue weighted by atomic mass is 10.2. The Balaban J connectivity index is 1.49. The lowest BCUT2D eigenvalue weighted by Gasteiger charge is -2.45. The Bertz CT molecular complexity index is 913. The normalized spacial score (nSPS) is 19.5. The molecule has 2 aromatic carbocycles. The van der Waals surface area contributed by atoms with Crippen LogP contribution in [0.15, 0.2) is 54.6 Å². The van der Waals surface area contributed by atoms with Crippen molar-refractivity contribution < 1.29 is 0 Å². The maximum absolute atomic E-state index is 4.96. The summed E-state index contributed by atoms with van der Waals surface area (Å²) < 4.78 is 2.36. The van der Waals surface area contributed by atoms with Crippen LogP contribution < -0.4 is 4.90 Å². The first-order valence-electron chi connectivity index (χ1n) is 9.70. The number of nitrogens with zero attached hydrogens (tertiary/aromatic N) is 6. The minimum atomic E-state index is 0.866. The third kappa shape index (κ3) is 3.20. The van der Waals surface area contributed by atoms with E-state index < -0.39 is 0 Å². The summed E-state index contributed by atoms with van der Waals surface area (Å²) >= 11 is 0. The summed E-state index contributed by atoms with van der Waals surface area (Å²) in [7, 11) is 2.21. The smallest absolute Gasteiger partial charge is 0.209 e. The Morgan fingerprint density at radius 2 is 1.56 bits per heavy atom. The third-order valence-electron chi connectivity index (χ3n) is 5.65. The molecule has 1 fully saturated rings. The number of rotatable bonds is 3. The topological polar surface area (TPSA) is 30.8 Å². The first kappa shape index (κ1) is 16.7. The molecule has 0 saturated carbocycles. The monoisotopic (exact) mass is 362 g/mol. The quantitative estimate of drug-likeness (QED) is 0.714. The van der Waals surface area contributed by atoms with Crippen molar-refractivity contribution in [2.24, 2.45) is 0 Å². The van der Waals surface area contributed by atoms with Crippen LogP contribution in [0, 0.1) is 0 Å². The Morgan fingerprint density at radius 1 is 0.815 bits per heavy atom. The Labute approximate surface area is 160 Å². The Kier molecular flexibility index (Phi) is 4.32. The summed E-state index contributed by atoms with van der Waals surface area (Å²) in [6.07, 6.45) is 0. The van der Waals surface area contributed by atoms with Gasteiger partial charge in [0.05, 0.1) is 24.4 Å². The summed E-state index contributed by atoms with van der Waals surface area (Å²) in [5.41, 5.74) is 3.60. The first-order chi connectivity index (χ1) is 13.3. The first-order valence-corrected chi connectivity index (χ1v) is 9.70. The predicted octanol–water partition coefficient (Wildman–Crippen LogP) is 2.44. The summed E-state index contributed by atoms with van der Waals surface area (Å²) in [6, 6.07) is 19.2. The maximum Gasteiger partial charge on any atom is 0.209 e. The molecule has 0 radical (unpaired) electrons. The van der Waals surface area contributed by atoms with Gasteiger partial charge in [-0.05, 0) is 24.7 Å². The summed E-state index contributed by atoms with van der Waals surface area (Å²) in [5.74, 6) is 1.07. The van der Waals surface area contributed by atoms with Crippen LogP contribution in [0.2, 0.25) is 0 Å². The van der Waals surface area contributed by atoms with E-state index in [4.69, 9.17) is 4.98 Å². The molecule has 6 heteroatoms. The zero-order valence-corrected chi connectivity index (χ0v) is 15.8. The van der Waals surface area contributed by atoms with Crippen molar-refractivity contribution in [3.63, 3.8) is 0 Å². The summed E-state index contributed by atoms with van der Waals surface area (Å²) in [5, 5.41) is 4.99.